The quantitative estimate of drug-likeness (QED) is 0.658. The molecule has 4 rings (SSSR count). The molecule has 2 aromatic carbocycles. The normalized spacial score (nSPS) is 21.3. The Morgan fingerprint density at radius 1 is 0.969 bits per heavy atom. The molecule has 7 heteroatoms. The summed E-state index contributed by atoms with van der Waals surface area (Å²) in [4.78, 5) is 29.9. The van der Waals surface area contributed by atoms with Crippen LogP contribution in [-0.2, 0) is 9.53 Å². The van der Waals surface area contributed by atoms with E-state index in [2.05, 4.69) is 0 Å². The molecular formula is C25H29ClN2O4. The number of carbonyl (C=O) groups excluding carboxylic acids is 2. The molecule has 32 heavy (non-hydrogen) atoms. The first kappa shape index (κ1) is 22.6. The van der Waals surface area contributed by atoms with Crippen LogP contribution in [0.3, 0.4) is 0 Å². The Bertz CT molecular complexity index is 933. The van der Waals surface area contributed by atoms with Crippen molar-refractivity contribution in [3.05, 3.63) is 65.2 Å². The van der Waals surface area contributed by atoms with E-state index in [0.717, 1.165) is 32.4 Å². The number of piperidine rings is 1. The zero-order valence-corrected chi connectivity index (χ0v) is 18.9. The Morgan fingerprint density at radius 3 is 2.50 bits per heavy atom. The van der Waals surface area contributed by atoms with Crippen molar-refractivity contribution in [1.29, 1.82) is 0 Å². The standard InChI is InChI=1S/C25H29ClN2O4/c26-21-10-7-11-22(16-21)31-19-25(17-23(29)27-12-5-2-6-13-27)18-28(14-15-32-25)24(30)20-8-3-1-4-9-20/h1,3-4,7-11,16H,2,5-6,12-15,17-19H2/t25-/m0/s1. The third-order valence-corrected chi connectivity index (χ3v) is 6.27. The highest BCUT2D eigenvalue weighted by Gasteiger charge is 2.42. The molecule has 2 aliphatic heterocycles. The van der Waals surface area contributed by atoms with E-state index in [9.17, 15) is 9.59 Å². The summed E-state index contributed by atoms with van der Waals surface area (Å²) < 4.78 is 12.2. The van der Waals surface area contributed by atoms with E-state index in [-0.39, 0.29) is 24.8 Å². The fourth-order valence-corrected chi connectivity index (χ4v) is 4.51. The van der Waals surface area contributed by atoms with Gasteiger partial charge in [-0.05, 0) is 49.6 Å². The topological polar surface area (TPSA) is 59.1 Å². The molecule has 1 atom stereocenters. The summed E-state index contributed by atoms with van der Waals surface area (Å²) in [6, 6.07) is 16.3. The first-order valence-electron chi connectivity index (χ1n) is 11.2. The monoisotopic (exact) mass is 456 g/mol. The number of nitrogens with zero attached hydrogens (tertiary/aromatic N) is 2. The minimum Gasteiger partial charge on any atom is -0.490 e. The second-order valence-corrected chi connectivity index (χ2v) is 8.92. The average molecular weight is 457 g/mol. The molecule has 0 radical (unpaired) electrons. The van der Waals surface area contributed by atoms with Crippen LogP contribution >= 0.6 is 11.6 Å². The van der Waals surface area contributed by atoms with E-state index in [0.29, 0.717) is 36.0 Å². The Hall–Kier alpha value is -2.57. The van der Waals surface area contributed by atoms with Crippen molar-refractivity contribution in [2.24, 2.45) is 0 Å². The number of carbonyl (C=O) groups is 2. The Balaban J connectivity index is 1.52. The lowest BCUT2D eigenvalue weighted by atomic mass is 9.95. The molecule has 0 unspecified atom stereocenters. The number of morpholine rings is 1. The lowest BCUT2D eigenvalue weighted by molar-refractivity contribution is -0.153. The van der Waals surface area contributed by atoms with Gasteiger partial charge in [0.05, 0.1) is 19.6 Å². The highest BCUT2D eigenvalue weighted by Crippen LogP contribution is 2.28. The largest absolute Gasteiger partial charge is 0.490 e. The molecule has 0 bridgehead atoms. The van der Waals surface area contributed by atoms with Gasteiger partial charge in [-0.1, -0.05) is 35.9 Å². The van der Waals surface area contributed by atoms with Crippen molar-refractivity contribution in [2.75, 3.05) is 39.4 Å². The molecule has 6 nitrogen and oxygen atoms in total. The number of benzene rings is 2. The Labute approximate surface area is 194 Å². The summed E-state index contributed by atoms with van der Waals surface area (Å²) in [7, 11) is 0. The number of rotatable bonds is 6. The van der Waals surface area contributed by atoms with Gasteiger partial charge in [-0.2, -0.15) is 0 Å². The molecule has 0 N–H and O–H groups in total. The van der Waals surface area contributed by atoms with Crippen LogP contribution in [0.15, 0.2) is 54.6 Å². The highest BCUT2D eigenvalue weighted by molar-refractivity contribution is 6.30. The molecule has 2 amide bonds. The summed E-state index contributed by atoms with van der Waals surface area (Å²) in [5, 5.41) is 0.575. The minimum absolute atomic E-state index is 0.0494. The summed E-state index contributed by atoms with van der Waals surface area (Å²) in [6.07, 6.45) is 3.38. The van der Waals surface area contributed by atoms with E-state index in [1.54, 1.807) is 29.2 Å². The maximum atomic E-state index is 13.1. The van der Waals surface area contributed by atoms with Gasteiger partial charge < -0.3 is 19.3 Å². The predicted octanol–water partition coefficient (Wildman–Crippen LogP) is 4.03. The van der Waals surface area contributed by atoms with Crippen LogP contribution in [0.4, 0.5) is 0 Å². The smallest absolute Gasteiger partial charge is 0.254 e. The van der Waals surface area contributed by atoms with Gasteiger partial charge >= 0.3 is 0 Å². The summed E-state index contributed by atoms with van der Waals surface area (Å²) in [5.74, 6) is 0.595. The first-order valence-corrected chi connectivity index (χ1v) is 11.6. The van der Waals surface area contributed by atoms with Crippen LogP contribution in [-0.4, -0.2) is 66.6 Å². The fourth-order valence-electron chi connectivity index (χ4n) is 4.33. The lowest BCUT2D eigenvalue weighted by Crippen LogP contribution is -2.58. The van der Waals surface area contributed by atoms with Crippen molar-refractivity contribution in [3.63, 3.8) is 0 Å². The van der Waals surface area contributed by atoms with E-state index < -0.39 is 5.60 Å². The number of likely N-dealkylation sites (tertiary alicyclic amines) is 1. The molecular weight excluding hydrogens is 428 g/mol. The van der Waals surface area contributed by atoms with Crippen LogP contribution in [0.25, 0.3) is 0 Å². The van der Waals surface area contributed by atoms with Crippen LogP contribution in [0.1, 0.15) is 36.0 Å². The predicted molar refractivity (Wildman–Crippen MR) is 123 cm³/mol. The third kappa shape index (κ3) is 5.61. The lowest BCUT2D eigenvalue weighted by Gasteiger charge is -2.43. The zero-order valence-electron chi connectivity index (χ0n) is 18.2. The third-order valence-electron chi connectivity index (χ3n) is 6.04. The van der Waals surface area contributed by atoms with Gasteiger partial charge in [0, 0.05) is 30.2 Å². The first-order chi connectivity index (χ1) is 15.5. The van der Waals surface area contributed by atoms with E-state index in [1.807, 2.05) is 35.2 Å². The van der Waals surface area contributed by atoms with Crippen molar-refractivity contribution >= 4 is 23.4 Å². The molecule has 0 spiro atoms. The number of halogens is 1. The average Bonchev–Trinajstić information content (AvgIpc) is 2.84. The van der Waals surface area contributed by atoms with Crippen LogP contribution in [0, 0.1) is 0 Å². The number of ether oxygens (including phenoxy) is 2. The second kappa shape index (κ2) is 10.4. The van der Waals surface area contributed by atoms with Gasteiger partial charge in [-0.15, -0.1) is 0 Å². The molecule has 2 aromatic rings. The maximum Gasteiger partial charge on any atom is 0.254 e. The molecule has 0 aliphatic carbocycles. The molecule has 170 valence electrons. The Morgan fingerprint density at radius 2 is 1.75 bits per heavy atom. The van der Waals surface area contributed by atoms with Crippen LogP contribution in [0.2, 0.25) is 5.02 Å². The summed E-state index contributed by atoms with van der Waals surface area (Å²) in [5.41, 5.74) is -0.291. The molecule has 2 saturated heterocycles. The number of amides is 2. The molecule has 2 aliphatic rings. The SMILES string of the molecule is O=C(C[C@@]1(COc2cccc(Cl)c2)CN(C(=O)c2ccccc2)CCO1)N1CCCCC1. The van der Waals surface area contributed by atoms with Crippen molar-refractivity contribution in [2.45, 2.75) is 31.3 Å². The van der Waals surface area contributed by atoms with E-state index in [4.69, 9.17) is 21.1 Å². The van der Waals surface area contributed by atoms with Crippen molar-refractivity contribution in [3.8, 4) is 5.75 Å². The zero-order chi connectivity index (χ0) is 22.4. The highest BCUT2D eigenvalue weighted by atomic mass is 35.5. The molecule has 2 heterocycles. The fraction of sp³-hybridized carbons (Fsp3) is 0.440. The maximum absolute atomic E-state index is 13.1. The van der Waals surface area contributed by atoms with Gasteiger partial charge in [-0.3, -0.25) is 9.59 Å². The number of hydrogen-bond donors (Lipinski definition) is 0. The van der Waals surface area contributed by atoms with Gasteiger partial charge in [0.1, 0.15) is 18.0 Å². The minimum atomic E-state index is -0.917. The van der Waals surface area contributed by atoms with Gasteiger partial charge in [0.2, 0.25) is 5.91 Å². The van der Waals surface area contributed by atoms with Gasteiger partial charge in [0.15, 0.2) is 0 Å². The summed E-state index contributed by atoms with van der Waals surface area (Å²) in [6.45, 7) is 2.83. The van der Waals surface area contributed by atoms with Gasteiger partial charge in [0.25, 0.3) is 5.91 Å². The molecule has 0 aromatic heterocycles. The van der Waals surface area contributed by atoms with Crippen molar-refractivity contribution < 1.29 is 19.1 Å². The number of hydrogen-bond acceptors (Lipinski definition) is 4. The second-order valence-electron chi connectivity index (χ2n) is 8.49. The Kier molecular flexibility index (Phi) is 7.33. The molecule has 0 saturated carbocycles. The van der Waals surface area contributed by atoms with E-state index in [1.165, 1.54) is 0 Å². The van der Waals surface area contributed by atoms with E-state index >= 15 is 0 Å². The van der Waals surface area contributed by atoms with Crippen LogP contribution in [0.5, 0.6) is 5.75 Å². The van der Waals surface area contributed by atoms with Gasteiger partial charge in [-0.25, -0.2) is 0 Å². The van der Waals surface area contributed by atoms with Crippen molar-refractivity contribution in [1.82, 2.24) is 9.80 Å². The molecule has 2 fully saturated rings. The summed E-state index contributed by atoms with van der Waals surface area (Å²) >= 11 is 6.09. The van der Waals surface area contributed by atoms with Crippen LogP contribution < -0.4 is 4.74 Å².